The number of hydrogen-bond donors (Lipinski definition) is 1. The molecule has 0 bridgehead atoms. The third-order valence-electron chi connectivity index (χ3n) is 2.30. The number of aromatic nitrogens is 1. The molecule has 2 rings (SSSR count). The molecule has 1 aromatic rings. The van der Waals surface area contributed by atoms with Gasteiger partial charge in [0.25, 0.3) is 0 Å². The van der Waals surface area contributed by atoms with Crippen molar-refractivity contribution in [3.8, 4) is 0 Å². The molecule has 1 N–H and O–H groups in total. The van der Waals surface area contributed by atoms with Crippen LogP contribution in [0.1, 0.15) is 10.4 Å². The molecular weight excluding hydrogens is 218 g/mol. The molecule has 0 saturated carbocycles. The first-order valence-electron chi connectivity index (χ1n) is 5.51. The molecule has 0 spiro atoms. The number of nitrogens with zero attached hydrogens (tertiary/aromatic N) is 2. The Balaban J connectivity index is 0.000000171. The molecule has 5 nitrogen and oxygen atoms in total. The molecule has 1 fully saturated rings. The Morgan fingerprint density at radius 3 is 2.47 bits per heavy atom. The largest absolute Gasteiger partial charge is 0.379 e. The van der Waals surface area contributed by atoms with E-state index in [0.717, 1.165) is 39.1 Å². The van der Waals surface area contributed by atoms with Gasteiger partial charge in [-0.15, -0.1) is 0 Å². The molecule has 2 heterocycles. The zero-order chi connectivity index (χ0) is 12.3. The lowest BCUT2D eigenvalue weighted by molar-refractivity contribution is 0.0457. The summed E-state index contributed by atoms with van der Waals surface area (Å²) in [5, 5.41) is 6.83. The molecule has 0 aromatic carbocycles. The zero-order valence-corrected chi connectivity index (χ0v) is 9.71. The third-order valence-corrected chi connectivity index (χ3v) is 2.30. The highest BCUT2D eigenvalue weighted by atomic mass is 16.5. The number of hydrogen-bond acceptors (Lipinski definition) is 5. The van der Waals surface area contributed by atoms with Crippen LogP contribution in [0.2, 0.25) is 0 Å². The quantitative estimate of drug-likeness (QED) is 0.623. The van der Waals surface area contributed by atoms with E-state index >= 15 is 0 Å². The summed E-state index contributed by atoms with van der Waals surface area (Å²) in [6.07, 6.45) is 5.40. The summed E-state index contributed by atoms with van der Waals surface area (Å²) in [4.78, 5) is 15.9. The summed E-state index contributed by atoms with van der Waals surface area (Å²) in [6.45, 7) is 4.40. The Kier molecular flexibility index (Phi) is 6.78. The maximum atomic E-state index is 9.98. The van der Waals surface area contributed by atoms with Crippen LogP contribution in [0.4, 0.5) is 0 Å². The fourth-order valence-electron chi connectivity index (χ4n) is 1.35. The second-order valence-corrected chi connectivity index (χ2v) is 3.52. The first-order chi connectivity index (χ1) is 8.36. The Hall–Kier alpha value is -1.59. The van der Waals surface area contributed by atoms with Gasteiger partial charge in [0.15, 0.2) is 0 Å². The van der Waals surface area contributed by atoms with Gasteiger partial charge in [-0.2, -0.15) is 0 Å². The summed E-state index contributed by atoms with van der Waals surface area (Å²) in [6, 6.07) is 3.32. The van der Waals surface area contributed by atoms with Crippen molar-refractivity contribution < 1.29 is 9.53 Å². The molecule has 92 valence electrons. The molecular formula is C12H17N3O2. The van der Waals surface area contributed by atoms with Gasteiger partial charge in [-0.3, -0.25) is 14.7 Å². The minimum absolute atomic E-state index is 0.667. The highest BCUT2D eigenvalue weighted by Crippen LogP contribution is 1.93. The van der Waals surface area contributed by atoms with Crippen LogP contribution >= 0.6 is 0 Å². The van der Waals surface area contributed by atoms with E-state index in [4.69, 9.17) is 10.1 Å². The van der Waals surface area contributed by atoms with Crippen LogP contribution < -0.4 is 0 Å². The van der Waals surface area contributed by atoms with Crippen molar-refractivity contribution in [2.75, 3.05) is 32.8 Å². The third kappa shape index (κ3) is 5.89. The predicted molar refractivity (Wildman–Crippen MR) is 65.7 cm³/mol. The predicted octanol–water partition coefficient (Wildman–Crippen LogP) is 0.862. The number of ether oxygens (including phenoxy) is 1. The number of carbonyl (C=O) groups is 1. The fourth-order valence-corrected chi connectivity index (χ4v) is 1.35. The van der Waals surface area contributed by atoms with Crippen molar-refractivity contribution in [3.05, 3.63) is 30.1 Å². The van der Waals surface area contributed by atoms with E-state index < -0.39 is 0 Å². The van der Waals surface area contributed by atoms with Gasteiger partial charge in [0.2, 0.25) is 0 Å². The van der Waals surface area contributed by atoms with E-state index in [1.807, 2.05) is 0 Å². The standard InChI is InChI=1S/C6H12N2O.C6H5NO/c7-1-2-8-3-5-9-6-4-8;8-5-6-1-3-7-4-2-6/h1,7H,2-6H2;1-5H. The van der Waals surface area contributed by atoms with Crippen LogP contribution in [0.25, 0.3) is 0 Å². The second-order valence-electron chi connectivity index (χ2n) is 3.52. The minimum atomic E-state index is 0.667. The van der Waals surface area contributed by atoms with E-state index in [1.165, 1.54) is 6.21 Å². The van der Waals surface area contributed by atoms with Crippen molar-refractivity contribution in [2.24, 2.45) is 0 Å². The Bertz CT molecular complexity index is 324. The van der Waals surface area contributed by atoms with E-state index in [2.05, 4.69) is 9.88 Å². The molecule has 1 aliphatic rings. The monoisotopic (exact) mass is 235 g/mol. The van der Waals surface area contributed by atoms with E-state index in [9.17, 15) is 4.79 Å². The van der Waals surface area contributed by atoms with E-state index in [1.54, 1.807) is 24.5 Å². The summed E-state index contributed by atoms with van der Waals surface area (Å²) in [5.41, 5.74) is 0.667. The molecule has 5 heteroatoms. The van der Waals surface area contributed by atoms with Crippen LogP contribution in [-0.4, -0.2) is 55.2 Å². The normalized spacial score (nSPS) is 15.5. The van der Waals surface area contributed by atoms with Gasteiger partial charge >= 0.3 is 0 Å². The molecule has 1 aromatic heterocycles. The van der Waals surface area contributed by atoms with Crippen LogP contribution in [0, 0.1) is 5.41 Å². The summed E-state index contributed by atoms with van der Waals surface area (Å²) in [5.74, 6) is 0. The minimum Gasteiger partial charge on any atom is -0.379 e. The number of aldehydes is 1. The molecule has 1 aliphatic heterocycles. The summed E-state index contributed by atoms with van der Waals surface area (Å²) < 4.78 is 5.13. The SMILES string of the molecule is N=CCN1CCOCC1.O=Cc1ccncc1. The second kappa shape index (κ2) is 8.55. The van der Waals surface area contributed by atoms with Crippen LogP contribution in [0.3, 0.4) is 0 Å². The first kappa shape index (κ1) is 13.5. The summed E-state index contributed by atoms with van der Waals surface area (Å²) in [7, 11) is 0. The number of carbonyl (C=O) groups excluding carboxylic acids is 1. The van der Waals surface area contributed by atoms with Crippen molar-refractivity contribution in [1.82, 2.24) is 9.88 Å². The van der Waals surface area contributed by atoms with Crippen molar-refractivity contribution >= 4 is 12.5 Å². The molecule has 0 atom stereocenters. The smallest absolute Gasteiger partial charge is 0.150 e. The van der Waals surface area contributed by atoms with E-state index in [0.29, 0.717) is 5.56 Å². The first-order valence-corrected chi connectivity index (χ1v) is 5.51. The fraction of sp³-hybridized carbons (Fsp3) is 0.417. The van der Waals surface area contributed by atoms with Crippen molar-refractivity contribution in [1.29, 1.82) is 5.41 Å². The number of nitrogens with one attached hydrogen (secondary N) is 1. The highest BCUT2D eigenvalue weighted by Gasteiger charge is 2.06. The summed E-state index contributed by atoms with van der Waals surface area (Å²) >= 11 is 0. The lowest BCUT2D eigenvalue weighted by Gasteiger charge is -2.24. The van der Waals surface area contributed by atoms with Crippen LogP contribution in [-0.2, 0) is 4.74 Å². The molecule has 0 aliphatic carbocycles. The zero-order valence-electron chi connectivity index (χ0n) is 9.71. The highest BCUT2D eigenvalue weighted by molar-refractivity contribution is 5.73. The lowest BCUT2D eigenvalue weighted by Crippen LogP contribution is -2.37. The van der Waals surface area contributed by atoms with Gasteiger partial charge < -0.3 is 10.1 Å². The number of pyridine rings is 1. The Labute approximate surface area is 101 Å². The maximum absolute atomic E-state index is 9.98. The molecule has 1 saturated heterocycles. The Morgan fingerprint density at radius 2 is 2.00 bits per heavy atom. The van der Waals surface area contributed by atoms with Gasteiger partial charge in [-0.1, -0.05) is 0 Å². The van der Waals surface area contributed by atoms with Gasteiger partial charge in [0.1, 0.15) is 6.29 Å². The maximum Gasteiger partial charge on any atom is 0.150 e. The average Bonchev–Trinajstić information content (AvgIpc) is 2.42. The van der Waals surface area contributed by atoms with Crippen molar-refractivity contribution in [3.63, 3.8) is 0 Å². The van der Waals surface area contributed by atoms with Crippen LogP contribution in [0.15, 0.2) is 24.5 Å². The number of rotatable bonds is 3. The average molecular weight is 235 g/mol. The number of morpholine rings is 1. The molecule has 0 amide bonds. The molecule has 0 unspecified atom stereocenters. The van der Waals surface area contributed by atoms with E-state index in [-0.39, 0.29) is 0 Å². The van der Waals surface area contributed by atoms with Crippen molar-refractivity contribution in [2.45, 2.75) is 0 Å². The Morgan fingerprint density at radius 1 is 1.35 bits per heavy atom. The van der Waals surface area contributed by atoms with Gasteiger partial charge in [0, 0.05) is 43.8 Å². The van der Waals surface area contributed by atoms with Gasteiger partial charge in [0.05, 0.1) is 13.2 Å². The lowest BCUT2D eigenvalue weighted by atomic mass is 10.3. The van der Waals surface area contributed by atoms with Gasteiger partial charge in [-0.05, 0) is 12.1 Å². The van der Waals surface area contributed by atoms with Crippen LogP contribution in [0.5, 0.6) is 0 Å². The topological polar surface area (TPSA) is 66.3 Å². The van der Waals surface area contributed by atoms with Gasteiger partial charge in [-0.25, -0.2) is 0 Å². The molecule has 0 radical (unpaired) electrons. The molecule has 17 heavy (non-hydrogen) atoms.